The van der Waals surface area contributed by atoms with Crippen molar-refractivity contribution in [3.8, 4) is 5.75 Å². The third kappa shape index (κ3) is 3.00. The number of benzene rings is 1. The molecule has 5 heteroatoms. The van der Waals surface area contributed by atoms with Crippen molar-refractivity contribution in [1.82, 2.24) is 4.90 Å². The van der Waals surface area contributed by atoms with Crippen LogP contribution in [0.1, 0.15) is 18.4 Å². The van der Waals surface area contributed by atoms with Crippen LogP contribution in [0.3, 0.4) is 0 Å². The fourth-order valence-corrected chi connectivity index (χ4v) is 2.28. The molecule has 92 valence electrons. The number of methoxy groups -OCH3 is 1. The summed E-state index contributed by atoms with van der Waals surface area (Å²) in [5.41, 5.74) is 1.50. The summed E-state index contributed by atoms with van der Waals surface area (Å²) >= 11 is 0. The SMILES string of the molecule is COc1ccc(B(O)O)c(CN2CCCC2)c1. The van der Waals surface area contributed by atoms with E-state index in [0.29, 0.717) is 5.46 Å². The van der Waals surface area contributed by atoms with Crippen molar-refractivity contribution in [2.75, 3.05) is 20.2 Å². The highest BCUT2D eigenvalue weighted by atomic mass is 16.5. The number of ether oxygens (including phenoxy) is 1. The maximum Gasteiger partial charge on any atom is 0.488 e. The van der Waals surface area contributed by atoms with Gasteiger partial charge in [0.2, 0.25) is 0 Å². The Hall–Kier alpha value is -1.04. The zero-order valence-corrected chi connectivity index (χ0v) is 10.1. The molecular formula is C12H18BNO3. The molecule has 0 spiro atoms. The van der Waals surface area contributed by atoms with Gasteiger partial charge in [-0.05, 0) is 49.1 Å². The molecule has 1 aliphatic heterocycles. The average Bonchev–Trinajstić information content (AvgIpc) is 2.81. The van der Waals surface area contributed by atoms with Crippen molar-refractivity contribution in [2.45, 2.75) is 19.4 Å². The maximum absolute atomic E-state index is 9.34. The second kappa shape index (κ2) is 5.53. The van der Waals surface area contributed by atoms with Crippen LogP contribution in [0.4, 0.5) is 0 Å². The lowest BCUT2D eigenvalue weighted by Gasteiger charge is -2.18. The minimum Gasteiger partial charge on any atom is -0.497 e. The van der Waals surface area contributed by atoms with E-state index < -0.39 is 7.12 Å². The van der Waals surface area contributed by atoms with Crippen LogP contribution in [0.25, 0.3) is 0 Å². The van der Waals surface area contributed by atoms with Crippen LogP contribution in [0.5, 0.6) is 5.75 Å². The van der Waals surface area contributed by atoms with Gasteiger partial charge in [-0.2, -0.15) is 0 Å². The lowest BCUT2D eigenvalue weighted by Crippen LogP contribution is -2.35. The van der Waals surface area contributed by atoms with Crippen LogP contribution in [0, 0.1) is 0 Å². The summed E-state index contributed by atoms with van der Waals surface area (Å²) in [5, 5.41) is 18.7. The molecule has 0 bridgehead atoms. The summed E-state index contributed by atoms with van der Waals surface area (Å²) < 4.78 is 5.17. The second-order valence-corrected chi connectivity index (χ2v) is 4.42. The lowest BCUT2D eigenvalue weighted by atomic mass is 9.77. The smallest absolute Gasteiger partial charge is 0.488 e. The lowest BCUT2D eigenvalue weighted by molar-refractivity contribution is 0.330. The standard InChI is InChI=1S/C12H18BNO3/c1-17-11-4-5-12(13(15)16)10(8-11)9-14-6-2-3-7-14/h4-5,8,15-16H,2-3,6-7,9H2,1H3. The topological polar surface area (TPSA) is 52.9 Å². The molecule has 0 atom stereocenters. The van der Waals surface area contributed by atoms with Crippen molar-refractivity contribution in [1.29, 1.82) is 0 Å². The fraction of sp³-hybridized carbons (Fsp3) is 0.500. The van der Waals surface area contributed by atoms with Crippen molar-refractivity contribution < 1.29 is 14.8 Å². The molecular weight excluding hydrogens is 217 g/mol. The summed E-state index contributed by atoms with van der Waals surface area (Å²) in [5.74, 6) is 0.753. The van der Waals surface area contributed by atoms with Gasteiger partial charge in [-0.3, -0.25) is 4.90 Å². The van der Waals surface area contributed by atoms with E-state index in [1.54, 1.807) is 19.2 Å². The van der Waals surface area contributed by atoms with Crippen LogP contribution in [-0.2, 0) is 6.54 Å². The molecule has 0 aromatic heterocycles. The molecule has 1 aromatic carbocycles. The number of hydrogen-bond donors (Lipinski definition) is 2. The van der Waals surface area contributed by atoms with Crippen molar-refractivity contribution in [3.05, 3.63) is 23.8 Å². The quantitative estimate of drug-likeness (QED) is 0.719. The molecule has 0 amide bonds. The van der Waals surface area contributed by atoms with Crippen LogP contribution in [0.2, 0.25) is 0 Å². The minimum atomic E-state index is -1.42. The van der Waals surface area contributed by atoms with Crippen LogP contribution >= 0.6 is 0 Å². The Morgan fingerprint density at radius 3 is 2.59 bits per heavy atom. The van der Waals surface area contributed by atoms with E-state index in [1.807, 2.05) is 6.07 Å². The number of hydrogen-bond acceptors (Lipinski definition) is 4. The summed E-state index contributed by atoms with van der Waals surface area (Å²) in [6, 6.07) is 5.35. The van der Waals surface area contributed by atoms with E-state index >= 15 is 0 Å². The third-order valence-electron chi connectivity index (χ3n) is 3.22. The fourth-order valence-electron chi connectivity index (χ4n) is 2.28. The number of likely N-dealkylation sites (tertiary alicyclic amines) is 1. The highest BCUT2D eigenvalue weighted by molar-refractivity contribution is 6.59. The highest BCUT2D eigenvalue weighted by Gasteiger charge is 2.19. The van der Waals surface area contributed by atoms with Crippen LogP contribution in [0.15, 0.2) is 18.2 Å². The molecule has 1 heterocycles. The highest BCUT2D eigenvalue weighted by Crippen LogP contribution is 2.16. The van der Waals surface area contributed by atoms with Crippen molar-refractivity contribution in [2.24, 2.45) is 0 Å². The van der Waals surface area contributed by atoms with Gasteiger partial charge >= 0.3 is 7.12 Å². The van der Waals surface area contributed by atoms with Gasteiger partial charge in [-0.25, -0.2) is 0 Å². The Labute approximate surface area is 102 Å². The molecule has 2 rings (SSSR count). The molecule has 1 saturated heterocycles. The molecule has 0 radical (unpaired) electrons. The van der Waals surface area contributed by atoms with E-state index in [2.05, 4.69) is 4.90 Å². The van der Waals surface area contributed by atoms with E-state index in [-0.39, 0.29) is 0 Å². The first kappa shape index (κ1) is 12.4. The Balaban J connectivity index is 2.21. The molecule has 4 nitrogen and oxygen atoms in total. The summed E-state index contributed by atoms with van der Waals surface area (Å²) in [6.07, 6.45) is 2.45. The Morgan fingerprint density at radius 1 is 1.29 bits per heavy atom. The van der Waals surface area contributed by atoms with E-state index in [1.165, 1.54) is 12.8 Å². The first-order valence-electron chi connectivity index (χ1n) is 5.96. The van der Waals surface area contributed by atoms with Crippen molar-refractivity contribution in [3.63, 3.8) is 0 Å². The third-order valence-corrected chi connectivity index (χ3v) is 3.22. The monoisotopic (exact) mass is 235 g/mol. The molecule has 0 unspecified atom stereocenters. The van der Waals surface area contributed by atoms with Gasteiger partial charge in [-0.15, -0.1) is 0 Å². The predicted molar refractivity (Wildman–Crippen MR) is 67.3 cm³/mol. The normalized spacial score (nSPS) is 16.2. The maximum atomic E-state index is 9.34. The number of nitrogens with zero attached hydrogens (tertiary/aromatic N) is 1. The molecule has 1 fully saturated rings. The van der Waals surface area contributed by atoms with Gasteiger partial charge in [0, 0.05) is 6.54 Å². The van der Waals surface area contributed by atoms with Crippen LogP contribution < -0.4 is 10.2 Å². The predicted octanol–water partition coefficient (Wildman–Crippen LogP) is -0.0292. The first-order valence-corrected chi connectivity index (χ1v) is 5.96. The van der Waals surface area contributed by atoms with E-state index in [0.717, 1.165) is 30.9 Å². The van der Waals surface area contributed by atoms with Gasteiger partial charge in [-0.1, -0.05) is 6.07 Å². The Bertz CT molecular complexity index is 378. The summed E-state index contributed by atoms with van der Waals surface area (Å²) in [6.45, 7) is 2.92. The second-order valence-electron chi connectivity index (χ2n) is 4.42. The molecule has 1 aliphatic rings. The average molecular weight is 235 g/mol. The van der Waals surface area contributed by atoms with Gasteiger partial charge in [0.1, 0.15) is 5.75 Å². The van der Waals surface area contributed by atoms with Gasteiger partial charge in [0.15, 0.2) is 0 Å². The van der Waals surface area contributed by atoms with Crippen molar-refractivity contribution >= 4 is 12.6 Å². The Morgan fingerprint density at radius 2 is 2.00 bits per heavy atom. The van der Waals surface area contributed by atoms with E-state index in [4.69, 9.17) is 4.74 Å². The first-order chi connectivity index (χ1) is 8.20. The van der Waals surface area contributed by atoms with Crippen LogP contribution in [-0.4, -0.2) is 42.3 Å². The van der Waals surface area contributed by atoms with E-state index in [9.17, 15) is 10.0 Å². The zero-order valence-electron chi connectivity index (χ0n) is 10.1. The molecule has 1 aromatic rings. The summed E-state index contributed by atoms with van der Waals surface area (Å²) in [4.78, 5) is 2.32. The van der Waals surface area contributed by atoms with Gasteiger partial charge < -0.3 is 14.8 Å². The zero-order chi connectivity index (χ0) is 12.3. The number of rotatable bonds is 4. The minimum absolute atomic E-state index is 0.567. The Kier molecular flexibility index (Phi) is 4.04. The molecule has 2 N–H and O–H groups in total. The summed E-state index contributed by atoms with van der Waals surface area (Å²) in [7, 11) is 0.197. The molecule has 0 saturated carbocycles. The van der Waals surface area contributed by atoms with Gasteiger partial charge in [0.05, 0.1) is 7.11 Å². The van der Waals surface area contributed by atoms with Gasteiger partial charge in [0.25, 0.3) is 0 Å². The molecule has 17 heavy (non-hydrogen) atoms. The largest absolute Gasteiger partial charge is 0.497 e. The molecule has 0 aliphatic carbocycles.